The van der Waals surface area contributed by atoms with E-state index in [1.807, 2.05) is 0 Å². The molecule has 0 aromatic heterocycles. The maximum absolute atomic E-state index is 12.2. The Bertz CT molecular complexity index is 681. The second-order valence-corrected chi connectivity index (χ2v) is 5.93. The lowest BCUT2D eigenvalue weighted by Gasteiger charge is -2.26. The van der Waals surface area contributed by atoms with Crippen molar-refractivity contribution in [3.05, 3.63) is 42.0 Å². The third-order valence-corrected chi connectivity index (χ3v) is 4.56. The summed E-state index contributed by atoms with van der Waals surface area (Å²) in [6.45, 7) is 0. The topological polar surface area (TPSA) is 87.0 Å². The van der Waals surface area contributed by atoms with Crippen molar-refractivity contribution in [1.29, 1.82) is 0 Å². The van der Waals surface area contributed by atoms with Crippen LogP contribution >= 0.6 is 0 Å². The molecule has 0 aliphatic carbocycles. The van der Waals surface area contributed by atoms with Gasteiger partial charge in [-0.3, -0.25) is 4.21 Å². The van der Waals surface area contributed by atoms with Gasteiger partial charge in [-0.25, -0.2) is 0 Å². The standard InChI is InChI=1S/C14H12O5S/c15-9-3-1-8(2-4-9)13-7-20(18)14-11(17)5-10(16)6-12(14)19-13/h1-6,13,15-17H,7H2. The van der Waals surface area contributed by atoms with Gasteiger partial charge < -0.3 is 20.1 Å². The van der Waals surface area contributed by atoms with Crippen LogP contribution in [-0.4, -0.2) is 25.3 Å². The summed E-state index contributed by atoms with van der Waals surface area (Å²) >= 11 is 0. The molecule has 1 aliphatic rings. The van der Waals surface area contributed by atoms with Crippen LogP contribution in [0, 0.1) is 0 Å². The minimum atomic E-state index is -1.42. The maximum atomic E-state index is 12.2. The van der Waals surface area contributed by atoms with Crippen molar-refractivity contribution >= 4 is 10.8 Å². The lowest BCUT2D eigenvalue weighted by atomic mass is 10.1. The fourth-order valence-corrected chi connectivity index (χ4v) is 3.48. The average molecular weight is 292 g/mol. The predicted octanol–water partition coefficient (Wildman–Crippen LogP) is 2.04. The van der Waals surface area contributed by atoms with Gasteiger partial charge in [-0.2, -0.15) is 0 Å². The molecule has 3 N–H and O–H groups in total. The predicted molar refractivity (Wildman–Crippen MR) is 72.5 cm³/mol. The fourth-order valence-electron chi connectivity index (χ4n) is 2.15. The summed E-state index contributed by atoms with van der Waals surface area (Å²) < 4.78 is 17.9. The summed E-state index contributed by atoms with van der Waals surface area (Å²) in [5, 5.41) is 28.5. The minimum Gasteiger partial charge on any atom is -0.508 e. The number of hydrogen-bond acceptors (Lipinski definition) is 5. The smallest absolute Gasteiger partial charge is 0.143 e. The fraction of sp³-hybridized carbons (Fsp3) is 0.143. The minimum absolute atomic E-state index is 0.140. The van der Waals surface area contributed by atoms with E-state index in [-0.39, 0.29) is 33.6 Å². The number of benzene rings is 2. The second kappa shape index (κ2) is 4.72. The van der Waals surface area contributed by atoms with Crippen LogP contribution in [0.4, 0.5) is 0 Å². The number of rotatable bonds is 1. The van der Waals surface area contributed by atoms with Gasteiger partial charge in [0.15, 0.2) is 0 Å². The summed E-state index contributed by atoms with van der Waals surface area (Å²) in [4.78, 5) is 0.206. The lowest BCUT2D eigenvalue weighted by Crippen LogP contribution is -2.21. The Morgan fingerprint density at radius 1 is 1.05 bits per heavy atom. The van der Waals surface area contributed by atoms with Crippen molar-refractivity contribution < 1.29 is 24.3 Å². The zero-order chi connectivity index (χ0) is 14.3. The first-order chi connectivity index (χ1) is 9.54. The molecule has 20 heavy (non-hydrogen) atoms. The molecule has 0 fully saturated rings. The molecule has 0 radical (unpaired) electrons. The Kier molecular flexibility index (Phi) is 3.02. The average Bonchev–Trinajstić information content (AvgIpc) is 2.38. The van der Waals surface area contributed by atoms with Crippen molar-refractivity contribution in [3.8, 4) is 23.0 Å². The zero-order valence-electron chi connectivity index (χ0n) is 10.3. The highest BCUT2D eigenvalue weighted by molar-refractivity contribution is 7.85. The van der Waals surface area contributed by atoms with Gasteiger partial charge in [0, 0.05) is 12.1 Å². The van der Waals surface area contributed by atoms with E-state index in [0.717, 1.165) is 11.6 Å². The number of ether oxygens (including phenoxy) is 1. The van der Waals surface area contributed by atoms with Gasteiger partial charge in [-0.1, -0.05) is 12.1 Å². The molecule has 0 bridgehead atoms. The van der Waals surface area contributed by atoms with Gasteiger partial charge in [0.2, 0.25) is 0 Å². The third-order valence-electron chi connectivity index (χ3n) is 3.08. The molecule has 2 aromatic rings. The normalized spacial score (nSPS) is 21.0. The molecule has 1 aliphatic heterocycles. The number of phenols is 3. The summed E-state index contributed by atoms with van der Waals surface area (Å²) in [6, 6.07) is 8.89. The monoisotopic (exact) mass is 292 g/mol. The molecule has 0 spiro atoms. The van der Waals surface area contributed by atoms with Crippen LogP contribution in [0.2, 0.25) is 0 Å². The van der Waals surface area contributed by atoms with E-state index < -0.39 is 16.9 Å². The molecule has 3 rings (SSSR count). The molecule has 0 saturated heterocycles. The lowest BCUT2D eigenvalue weighted by molar-refractivity contribution is 0.214. The SMILES string of the molecule is O=S1CC(c2ccc(O)cc2)Oc2cc(O)cc(O)c21. The van der Waals surface area contributed by atoms with E-state index in [1.165, 1.54) is 18.2 Å². The van der Waals surface area contributed by atoms with Crippen molar-refractivity contribution in [2.24, 2.45) is 0 Å². The van der Waals surface area contributed by atoms with Gasteiger partial charge in [-0.05, 0) is 17.7 Å². The van der Waals surface area contributed by atoms with Gasteiger partial charge in [0.25, 0.3) is 0 Å². The van der Waals surface area contributed by atoms with E-state index in [0.29, 0.717) is 0 Å². The quantitative estimate of drug-likeness (QED) is 0.748. The number of aromatic hydroxyl groups is 3. The molecule has 0 amide bonds. The van der Waals surface area contributed by atoms with E-state index in [2.05, 4.69) is 0 Å². The third kappa shape index (κ3) is 2.18. The first-order valence-corrected chi connectivity index (χ1v) is 7.26. The van der Waals surface area contributed by atoms with Crippen LogP contribution in [-0.2, 0) is 10.8 Å². The van der Waals surface area contributed by atoms with Crippen LogP contribution in [0.3, 0.4) is 0 Å². The van der Waals surface area contributed by atoms with Crippen molar-refractivity contribution in [2.75, 3.05) is 5.75 Å². The van der Waals surface area contributed by atoms with E-state index in [9.17, 15) is 19.5 Å². The number of phenolic OH excluding ortho intramolecular Hbond substituents is 3. The molecule has 2 atom stereocenters. The Labute approximate surface area is 117 Å². The number of hydrogen-bond donors (Lipinski definition) is 3. The second-order valence-electron chi connectivity index (χ2n) is 4.50. The largest absolute Gasteiger partial charge is 0.508 e. The highest BCUT2D eigenvalue weighted by Crippen LogP contribution is 2.42. The first-order valence-electron chi connectivity index (χ1n) is 5.94. The van der Waals surface area contributed by atoms with Gasteiger partial charge in [0.1, 0.15) is 34.0 Å². The molecule has 104 valence electrons. The van der Waals surface area contributed by atoms with Crippen molar-refractivity contribution in [1.82, 2.24) is 0 Å². The maximum Gasteiger partial charge on any atom is 0.143 e. The van der Waals surface area contributed by atoms with Crippen molar-refractivity contribution in [2.45, 2.75) is 11.0 Å². The zero-order valence-corrected chi connectivity index (χ0v) is 11.1. The number of fused-ring (bicyclic) bond motifs is 1. The molecule has 2 aromatic carbocycles. The molecule has 0 saturated carbocycles. The molecule has 2 unspecified atom stereocenters. The highest BCUT2D eigenvalue weighted by Gasteiger charge is 2.29. The summed E-state index contributed by atoms with van der Waals surface area (Å²) in [5.74, 6) is 0.175. The van der Waals surface area contributed by atoms with Gasteiger partial charge >= 0.3 is 0 Å². The van der Waals surface area contributed by atoms with Crippen LogP contribution in [0.5, 0.6) is 23.0 Å². The highest BCUT2D eigenvalue weighted by atomic mass is 32.2. The first kappa shape index (κ1) is 12.8. The van der Waals surface area contributed by atoms with Gasteiger partial charge in [0.05, 0.1) is 16.6 Å². The Morgan fingerprint density at radius 2 is 1.75 bits per heavy atom. The molecule has 1 heterocycles. The summed E-state index contributed by atoms with van der Waals surface area (Å²) in [5.41, 5.74) is 0.768. The van der Waals surface area contributed by atoms with Crippen molar-refractivity contribution in [3.63, 3.8) is 0 Å². The molecular weight excluding hydrogens is 280 g/mol. The Hall–Kier alpha value is -2.21. The molecule has 6 heteroatoms. The Balaban J connectivity index is 2.00. The molecule has 5 nitrogen and oxygen atoms in total. The summed E-state index contributed by atoms with van der Waals surface area (Å²) in [6.07, 6.45) is -0.454. The van der Waals surface area contributed by atoms with Crippen LogP contribution in [0.1, 0.15) is 11.7 Å². The van der Waals surface area contributed by atoms with E-state index in [1.54, 1.807) is 12.1 Å². The van der Waals surface area contributed by atoms with Crippen LogP contribution in [0.25, 0.3) is 0 Å². The summed E-state index contributed by atoms with van der Waals surface area (Å²) in [7, 11) is -1.42. The van der Waals surface area contributed by atoms with Gasteiger partial charge in [-0.15, -0.1) is 0 Å². The Morgan fingerprint density at radius 3 is 2.45 bits per heavy atom. The van der Waals surface area contributed by atoms with E-state index in [4.69, 9.17) is 4.74 Å². The van der Waals surface area contributed by atoms with Crippen LogP contribution in [0.15, 0.2) is 41.3 Å². The van der Waals surface area contributed by atoms with E-state index >= 15 is 0 Å². The van der Waals surface area contributed by atoms with Crippen LogP contribution < -0.4 is 4.74 Å². The molecular formula is C14H12O5S.